The van der Waals surface area contributed by atoms with Crippen LogP contribution in [0.25, 0.3) is 0 Å². The number of nitrogens with zero attached hydrogens (tertiary/aromatic N) is 3. The van der Waals surface area contributed by atoms with Crippen molar-refractivity contribution < 1.29 is 13.2 Å². The van der Waals surface area contributed by atoms with E-state index < -0.39 is 10.0 Å². The second-order valence-corrected chi connectivity index (χ2v) is 14.5. The molecule has 5 rings (SSSR count). The zero-order chi connectivity index (χ0) is 26.0. The summed E-state index contributed by atoms with van der Waals surface area (Å²) in [6.45, 7) is 3.62. The third-order valence-electron chi connectivity index (χ3n) is 7.24. The van der Waals surface area contributed by atoms with Crippen LogP contribution in [0.5, 0.6) is 0 Å². The molecule has 1 aromatic heterocycles. The van der Waals surface area contributed by atoms with Crippen molar-refractivity contribution in [2.75, 3.05) is 39.3 Å². The van der Waals surface area contributed by atoms with E-state index >= 15 is 0 Å². The molecule has 10 heteroatoms. The number of halogens is 2. The van der Waals surface area contributed by atoms with Crippen molar-refractivity contribution in [3.05, 3.63) is 86.7 Å². The summed E-state index contributed by atoms with van der Waals surface area (Å²) in [5.74, 6) is 0.0209. The number of carbonyl (C=O) groups is 1. The summed E-state index contributed by atoms with van der Waals surface area (Å²) >= 11 is 10.7. The van der Waals surface area contributed by atoms with E-state index in [2.05, 4.69) is 57.2 Å². The molecule has 3 aromatic rings. The van der Waals surface area contributed by atoms with Gasteiger partial charge in [-0.25, -0.2) is 8.42 Å². The largest absolute Gasteiger partial charge is 0.340 e. The minimum absolute atomic E-state index is 0.0986. The fourth-order valence-corrected chi connectivity index (χ4v) is 9.02. The first-order valence-corrected chi connectivity index (χ1v) is 15.8. The summed E-state index contributed by atoms with van der Waals surface area (Å²) in [7, 11) is -3.51. The van der Waals surface area contributed by atoms with Crippen molar-refractivity contribution in [3.8, 4) is 0 Å². The van der Waals surface area contributed by atoms with E-state index in [-0.39, 0.29) is 17.9 Å². The maximum absolute atomic E-state index is 13.4. The van der Waals surface area contributed by atoms with E-state index in [9.17, 15) is 13.2 Å². The molecular formula is C27H29BrClN3O3S2. The van der Waals surface area contributed by atoms with Crippen LogP contribution in [0, 0.1) is 5.92 Å². The minimum Gasteiger partial charge on any atom is -0.340 e. The molecule has 196 valence electrons. The molecule has 3 heterocycles. The van der Waals surface area contributed by atoms with Gasteiger partial charge in [0.25, 0.3) is 10.0 Å². The Hall–Kier alpha value is -1.75. The number of amides is 1. The Kier molecular flexibility index (Phi) is 8.38. The van der Waals surface area contributed by atoms with Crippen LogP contribution in [0.3, 0.4) is 0 Å². The molecule has 0 aliphatic carbocycles. The molecule has 0 unspecified atom stereocenters. The predicted molar refractivity (Wildman–Crippen MR) is 151 cm³/mol. The van der Waals surface area contributed by atoms with Crippen molar-refractivity contribution in [1.29, 1.82) is 0 Å². The van der Waals surface area contributed by atoms with Crippen LogP contribution in [-0.4, -0.2) is 67.7 Å². The highest BCUT2D eigenvalue weighted by atomic mass is 79.9. The van der Waals surface area contributed by atoms with E-state index in [0.29, 0.717) is 48.3 Å². The van der Waals surface area contributed by atoms with Gasteiger partial charge in [0.1, 0.15) is 4.21 Å². The maximum Gasteiger partial charge on any atom is 0.252 e. The van der Waals surface area contributed by atoms with E-state index in [0.717, 1.165) is 16.9 Å². The molecule has 37 heavy (non-hydrogen) atoms. The third kappa shape index (κ3) is 5.97. The lowest BCUT2D eigenvalue weighted by Gasteiger charge is -2.41. The lowest BCUT2D eigenvalue weighted by molar-refractivity contribution is -0.138. The molecule has 0 N–H and O–H groups in total. The average Bonchev–Trinajstić information content (AvgIpc) is 3.38. The van der Waals surface area contributed by atoms with Crippen molar-refractivity contribution in [1.82, 2.24) is 14.1 Å². The number of hydrogen-bond donors (Lipinski definition) is 0. The highest BCUT2D eigenvalue weighted by Gasteiger charge is 2.36. The number of piperidine rings is 1. The van der Waals surface area contributed by atoms with Gasteiger partial charge in [-0.1, -0.05) is 54.1 Å². The first-order valence-electron chi connectivity index (χ1n) is 12.4. The Morgan fingerprint density at radius 3 is 2.08 bits per heavy atom. The second-order valence-electron chi connectivity index (χ2n) is 9.46. The normalized spacial score (nSPS) is 19.1. The maximum atomic E-state index is 13.4. The second kappa shape index (κ2) is 11.6. The lowest BCUT2D eigenvalue weighted by atomic mass is 9.95. The van der Waals surface area contributed by atoms with Gasteiger partial charge in [0, 0.05) is 50.2 Å². The van der Waals surface area contributed by atoms with Gasteiger partial charge in [-0.15, -0.1) is 11.3 Å². The number of rotatable bonds is 6. The zero-order valence-corrected chi connectivity index (χ0v) is 24.3. The third-order valence-corrected chi connectivity index (χ3v) is 11.5. The Morgan fingerprint density at radius 1 is 0.865 bits per heavy atom. The highest BCUT2D eigenvalue weighted by Crippen LogP contribution is 2.33. The van der Waals surface area contributed by atoms with E-state index in [1.54, 1.807) is 12.1 Å². The van der Waals surface area contributed by atoms with Gasteiger partial charge in [0.15, 0.2) is 0 Å². The van der Waals surface area contributed by atoms with E-state index in [4.69, 9.17) is 11.6 Å². The Labute approximate surface area is 236 Å². The van der Waals surface area contributed by atoms with Gasteiger partial charge in [0.2, 0.25) is 5.91 Å². The monoisotopic (exact) mass is 621 g/mol. The van der Waals surface area contributed by atoms with Gasteiger partial charge in [-0.3, -0.25) is 9.69 Å². The Balaban J connectivity index is 1.20. The fourth-order valence-electron chi connectivity index (χ4n) is 5.26. The molecule has 0 spiro atoms. The Bertz CT molecular complexity index is 1320. The quantitative estimate of drug-likeness (QED) is 0.365. The highest BCUT2D eigenvalue weighted by molar-refractivity contribution is 9.11. The lowest BCUT2D eigenvalue weighted by Crippen LogP contribution is -2.52. The average molecular weight is 623 g/mol. The van der Waals surface area contributed by atoms with Crippen molar-refractivity contribution in [2.24, 2.45) is 5.92 Å². The molecule has 2 saturated heterocycles. The molecule has 2 aliphatic heterocycles. The standard InChI is InChI=1S/C27H29BrClN3O3S2/c28-24-10-11-25(36-24)37(34,35)32-14-12-22(13-15-32)27(33)31-18-16-30(17-19-31)26(20-4-2-1-3-5-20)21-6-8-23(29)9-7-21/h1-11,22,26H,12-19H2/t26-/m0/s1. The first-order chi connectivity index (χ1) is 17.8. The van der Waals surface area contributed by atoms with Crippen LogP contribution >= 0.6 is 38.9 Å². The molecule has 2 aromatic carbocycles. The number of sulfonamides is 1. The summed E-state index contributed by atoms with van der Waals surface area (Å²) < 4.78 is 28.5. The smallest absolute Gasteiger partial charge is 0.252 e. The summed E-state index contributed by atoms with van der Waals surface area (Å²) in [6.07, 6.45) is 1.12. The first kappa shape index (κ1) is 26.8. The van der Waals surface area contributed by atoms with Crippen LogP contribution in [0.15, 0.2) is 74.7 Å². The van der Waals surface area contributed by atoms with Gasteiger partial charge in [-0.05, 0) is 64.2 Å². The summed E-state index contributed by atoms with van der Waals surface area (Å²) in [5, 5.41) is 0.716. The molecule has 2 aliphatic rings. The molecule has 0 saturated carbocycles. The van der Waals surface area contributed by atoms with Crippen molar-refractivity contribution in [2.45, 2.75) is 23.1 Å². The topological polar surface area (TPSA) is 60.9 Å². The van der Waals surface area contributed by atoms with Crippen LogP contribution in [-0.2, 0) is 14.8 Å². The van der Waals surface area contributed by atoms with Crippen LogP contribution in [0.2, 0.25) is 5.02 Å². The van der Waals surface area contributed by atoms with Crippen LogP contribution < -0.4 is 0 Å². The van der Waals surface area contributed by atoms with Gasteiger partial charge >= 0.3 is 0 Å². The molecule has 2 fully saturated rings. The van der Waals surface area contributed by atoms with Gasteiger partial charge in [0.05, 0.1) is 9.83 Å². The molecule has 1 amide bonds. The van der Waals surface area contributed by atoms with Crippen LogP contribution in [0.1, 0.15) is 30.0 Å². The van der Waals surface area contributed by atoms with Gasteiger partial charge < -0.3 is 4.90 Å². The van der Waals surface area contributed by atoms with Gasteiger partial charge in [-0.2, -0.15) is 4.31 Å². The minimum atomic E-state index is -3.51. The van der Waals surface area contributed by atoms with Crippen molar-refractivity contribution >= 4 is 54.8 Å². The summed E-state index contributed by atoms with van der Waals surface area (Å²) in [5.41, 5.74) is 2.40. The van der Waals surface area contributed by atoms with Crippen molar-refractivity contribution in [3.63, 3.8) is 0 Å². The molecule has 6 nitrogen and oxygen atoms in total. The molecular weight excluding hydrogens is 594 g/mol. The summed E-state index contributed by atoms with van der Waals surface area (Å²) in [6, 6.07) is 21.9. The van der Waals surface area contributed by atoms with Crippen LogP contribution in [0.4, 0.5) is 0 Å². The summed E-state index contributed by atoms with van der Waals surface area (Å²) in [4.78, 5) is 17.7. The molecule has 1 atom stereocenters. The Morgan fingerprint density at radius 2 is 1.49 bits per heavy atom. The number of piperazine rings is 1. The number of thiophene rings is 1. The number of hydrogen-bond acceptors (Lipinski definition) is 5. The fraction of sp³-hybridized carbons (Fsp3) is 0.370. The number of carbonyl (C=O) groups excluding carboxylic acids is 1. The SMILES string of the molecule is O=C(C1CCN(S(=O)(=O)c2ccc(Br)s2)CC1)N1CCN([C@@H](c2ccccc2)c2ccc(Cl)cc2)CC1. The number of benzene rings is 2. The zero-order valence-electron chi connectivity index (χ0n) is 20.3. The molecule has 0 radical (unpaired) electrons. The predicted octanol–water partition coefficient (Wildman–Crippen LogP) is 5.50. The van der Waals surface area contributed by atoms with E-state index in [1.807, 2.05) is 23.1 Å². The van der Waals surface area contributed by atoms with E-state index in [1.165, 1.54) is 26.8 Å². The molecule has 0 bridgehead atoms.